The van der Waals surface area contributed by atoms with E-state index in [4.69, 9.17) is 9.52 Å². The summed E-state index contributed by atoms with van der Waals surface area (Å²) in [5.74, 6) is -1.73. The molecule has 1 unspecified atom stereocenters. The van der Waals surface area contributed by atoms with Gasteiger partial charge in [0, 0.05) is 19.2 Å². The van der Waals surface area contributed by atoms with Gasteiger partial charge in [-0.15, -0.1) is 0 Å². The Hall–Kier alpha value is -0.860. The minimum absolute atomic E-state index is 0.102. The van der Waals surface area contributed by atoms with E-state index in [1.54, 1.807) is 6.92 Å². The van der Waals surface area contributed by atoms with E-state index >= 15 is 0 Å². The summed E-state index contributed by atoms with van der Waals surface area (Å²) in [5, 5.41) is 8.76. The van der Waals surface area contributed by atoms with Gasteiger partial charge >= 0.3 is 5.97 Å². The highest BCUT2D eigenvalue weighted by molar-refractivity contribution is 9.10. The van der Waals surface area contributed by atoms with Crippen molar-refractivity contribution < 1.29 is 22.7 Å². The lowest BCUT2D eigenvalue weighted by Crippen LogP contribution is -2.34. The molecule has 1 rings (SSSR count). The van der Waals surface area contributed by atoms with Gasteiger partial charge < -0.3 is 9.52 Å². The van der Waals surface area contributed by atoms with Crippen LogP contribution in [-0.4, -0.2) is 36.9 Å². The molecular formula is C10H14BrNO5S. The van der Waals surface area contributed by atoms with Gasteiger partial charge in [0.2, 0.25) is 15.8 Å². The van der Waals surface area contributed by atoms with Crippen LogP contribution in [0.1, 0.15) is 30.8 Å². The molecule has 18 heavy (non-hydrogen) atoms. The lowest BCUT2D eigenvalue weighted by molar-refractivity contribution is 0.0661. The first-order valence-corrected chi connectivity index (χ1v) is 7.45. The van der Waals surface area contributed by atoms with E-state index in [2.05, 4.69) is 15.9 Å². The van der Waals surface area contributed by atoms with Gasteiger partial charge in [0.25, 0.3) is 0 Å². The summed E-state index contributed by atoms with van der Waals surface area (Å²) < 4.78 is 30.4. The van der Waals surface area contributed by atoms with E-state index < -0.39 is 21.8 Å². The number of aromatic carboxylic acids is 1. The topological polar surface area (TPSA) is 87.8 Å². The largest absolute Gasteiger partial charge is 0.475 e. The van der Waals surface area contributed by atoms with Gasteiger partial charge in [0.1, 0.15) is 4.90 Å². The molecule has 0 radical (unpaired) electrons. The van der Waals surface area contributed by atoms with Crippen molar-refractivity contribution in [1.82, 2.24) is 4.31 Å². The highest BCUT2D eigenvalue weighted by atomic mass is 79.9. The molecule has 1 aromatic rings. The Morgan fingerprint density at radius 2 is 2.17 bits per heavy atom. The summed E-state index contributed by atoms with van der Waals surface area (Å²) in [5.41, 5.74) is 0. The standard InChI is InChI=1S/C10H14BrNO5S/c1-4-6(2)12(3)18(15,16)8-5-7(10(13)14)17-9(8)11/h5-6H,4H2,1-3H3,(H,13,14). The third-order valence-electron chi connectivity index (χ3n) is 2.73. The molecule has 0 aliphatic carbocycles. The molecule has 0 saturated heterocycles. The number of furan rings is 1. The summed E-state index contributed by atoms with van der Waals surface area (Å²) in [6.07, 6.45) is 0.650. The molecule has 0 fully saturated rings. The third kappa shape index (κ3) is 2.76. The Bertz CT molecular complexity index is 551. The number of hydrogen-bond acceptors (Lipinski definition) is 4. The van der Waals surface area contributed by atoms with E-state index in [9.17, 15) is 13.2 Å². The minimum atomic E-state index is -3.76. The van der Waals surface area contributed by atoms with Crippen LogP contribution in [0.2, 0.25) is 0 Å². The highest BCUT2D eigenvalue weighted by Crippen LogP contribution is 2.29. The molecule has 1 atom stereocenters. The molecule has 8 heteroatoms. The maximum atomic E-state index is 12.2. The van der Waals surface area contributed by atoms with E-state index in [0.29, 0.717) is 6.42 Å². The molecule has 6 nitrogen and oxygen atoms in total. The molecule has 102 valence electrons. The summed E-state index contributed by atoms with van der Waals surface area (Å²) in [6.45, 7) is 3.63. The predicted octanol–water partition coefficient (Wildman–Crippen LogP) is 2.16. The van der Waals surface area contributed by atoms with Gasteiger partial charge in [0.15, 0.2) is 4.67 Å². The molecule has 1 aromatic heterocycles. The number of carboxylic acids is 1. The van der Waals surface area contributed by atoms with Gasteiger partial charge in [0.05, 0.1) is 0 Å². The zero-order valence-electron chi connectivity index (χ0n) is 10.2. The second-order valence-electron chi connectivity index (χ2n) is 3.83. The molecule has 0 saturated carbocycles. The third-order valence-corrected chi connectivity index (χ3v) is 5.56. The van der Waals surface area contributed by atoms with Gasteiger partial charge in [-0.25, -0.2) is 13.2 Å². The Balaban J connectivity index is 3.24. The number of hydrogen-bond donors (Lipinski definition) is 1. The normalized spacial score (nSPS) is 13.8. The van der Waals surface area contributed by atoms with Gasteiger partial charge in [-0.3, -0.25) is 0 Å². The molecule has 0 bridgehead atoms. The predicted molar refractivity (Wildman–Crippen MR) is 68.1 cm³/mol. The maximum absolute atomic E-state index is 12.2. The van der Waals surface area contributed by atoms with Crippen molar-refractivity contribution in [3.05, 3.63) is 16.5 Å². The van der Waals surface area contributed by atoms with E-state index in [-0.39, 0.29) is 15.6 Å². The molecule has 0 aliphatic heterocycles. The Kier molecular flexibility index (Phi) is 4.57. The van der Waals surface area contributed by atoms with Gasteiger partial charge in [-0.1, -0.05) is 6.92 Å². The quantitative estimate of drug-likeness (QED) is 0.887. The first-order chi connectivity index (χ1) is 8.21. The molecule has 0 amide bonds. The summed E-state index contributed by atoms with van der Waals surface area (Å²) in [4.78, 5) is 10.6. The van der Waals surface area contributed by atoms with Crippen LogP contribution < -0.4 is 0 Å². The fourth-order valence-corrected chi connectivity index (χ4v) is 3.62. The van der Waals surface area contributed by atoms with Crippen molar-refractivity contribution in [2.24, 2.45) is 0 Å². The lowest BCUT2D eigenvalue weighted by Gasteiger charge is -2.22. The minimum Gasteiger partial charge on any atom is -0.475 e. The van der Waals surface area contributed by atoms with Crippen molar-refractivity contribution in [3.8, 4) is 0 Å². The first-order valence-electron chi connectivity index (χ1n) is 5.22. The number of nitrogens with zero attached hydrogens (tertiary/aromatic N) is 1. The molecule has 0 aromatic carbocycles. The molecule has 0 spiro atoms. The van der Waals surface area contributed by atoms with Gasteiger partial charge in [-0.2, -0.15) is 4.31 Å². The van der Waals surface area contributed by atoms with Crippen LogP contribution in [0.25, 0.3) is 0 Å². The lowest BCUT2D eigenvalue weighted by atomic mass is 10.3. The highest BCUT2D eigenvalue weighted by Gasteiger charge is 2.30. The van der Waals surface area contributed by atoms with Crippen molar-refractivity contribution in [2.75, 3.05) is 7.05 Å². The smallest absolute Gasteiger partial charge is 0.371 e. The van der Waals surface area contributed by atoms with Crippen molar-refractivity contribution >= 4 is 31.9 Å². The monoisotopic (exact) mass is 339 g/mol. The first kappa shape index (κ1) is 15.2. The number of sulfonamides is 1. The van der Waals surface area contributed by atoms with E-state index in [1.807, 2.05) is 6.92 Å². The number of halogens is 1. The summed E-state index contributed by atoms with van der Waals surface area (Å²) >= 11 is 2.92. The van der Waals surface area contributed by atoms with Crippen LogP contribution in [0.4, 0.5) is 0 Å². The van der Waals surface area contributed by atoms with Crippen molar-refractivity contribution in [1.29, 1.82) is 0 Å². The Morgan fingerprint density at radius 1 is 1.61 bits per heavy atom. The molecule has 1 N–H and O–H groups in total. The summed E-state index contributed by atoms with van der Waals surface area (Å²) in [6, 6.07) is 0.811. The van der Waals surface area contributed by atoms with Crippen LogP contribution in [0.5, 0.6) is 0 Å². The fraction of sp³-hybridized carbons (Fsp3) is 0.500. The zero-order chi connectivity index (χ0) is 14.1. The fourth-order valence-electron chi connectivity index (χ4n) is 1.28. The summed E-state index contributed by atoms with van der Waals surface area (Å²) in [7, 11) is -2.32. The van der Waals surface area contributed by atoms with Gasteiger partial charge in [-0.05, 0) is 29.3 Å². The van der Waals surface area contributed by atoms with Crippen LogP contribution >= 0.6 is 15.9 Å². The van der Waals surface area contributed by atoms with E-state index in [0.717, 1.165) is 6.07 Å². The second kappa shape index (κ2) is 5.41. The van der Waals surface area contributed by atoms with Crippen LogP contribution in [0.3, 0.4) is 0 Å². The Morgan fingerprint density at radius 3 is 2.56 bits per heavy atom. The maximum Gasteiger partial charge on any atom is 0.371 e. The molecule has 0 aliphatic rings. The SMILES string of the molecule is CCC(C)N(C)S(=O)(=O)c1cc(C(=O)O)oc1Br. The van der Waals surface area contributed by atoms with Crippen LogP contribution in [0, 0.1) is 0 Å². The number of rotatable bonds is 5. The Labute approximate surface area is 114 Å². The average Bonchev–Trinajstić information content (AvgIpc) is 2.70. The molecule has 1 heterocycles. The average molecular weight is 340 g/mol. The van der Waals surface area contributed by atoms with Crippen LogP contribution in [0.15, 0.2) is 20.0 Å². The number of carboxylic acid groups (broad SMARTS) is 1. The van der Waals surface area contributed by atoms with Crippen LogP contribution in [-0.2, 0) is 10.0 Å². The van der Waals surface area contributed by atoms with E-state index in [1.165, 1.54) is 11.4 Å². The molecular weight excluding hydrogens is 326 g/mol. The zero-order valence-corrected chi connectivity index (χ0v) is 12.6. The number of carbonyl (C=O) groups is 1. The second-order valence-corrected chi connectivity index (χ2v) is 6.52. The van der Waals surface area contributed by atoms with Crippen molar-refractivity contribution in [2.45, 2.75) is 31.2 Å². The van der Waals surface area contributed by atoms with Crippen molar-refractivity contribution in [3.63, 3.8) is 0 Å².